The molecule has 0 aliphatic heterocycles. The SMILES string of the molecule is CCOC(=O)C(CN[C@H]1[C@H](OC)Cc2ccc(O)cc2C1(C)C)Cc1ccccc1. The summed E-state index contributed by atoms with van der Waals surface area (Å²) in [5, 5.41) is 13.7. The monoisotopic (exact) mass is 411 g/mol. The van der Waals surface area contributed by atoms with E-state index in [0.29, 0.717) is 19.6 Å². The molecule has 0 saturated carbocycles. The Morgan fingerprint density at radius 1 is 1.23 bits per heavy atom. The molecule has 5 nitrogen and oxygen atoms in total. The average molecular weight is 412 g/mol. The fourth-order valence-corrected chi connectivity index (χ4v) is 4.58. The van der Waals surface area contributed by atoms with Gasteiger partial charge in [-0.1, -0.05) is 50.2 Å². The first kappa shape index (κ1) is 22.3. The number of carbonyl (C=O) groups excluding carboxylic acids is 1. The van der Waals surface area contributed by atoms with Gasteiger partial charge in [0.25, 0.3) is 0 Å². The number of hydrogen-bond donors (Lipinski definition) is 2. The molecule has 0 bridgehead atoms. The molecule has 3 rings (SSSR count). The topological polar surface area (TPSA) is 67.8 Å². The van der Waals surface area contributed by atoms with Gasteiger partial charge in [-0.2, -0.15) is 0 Å². The van der Waals surface area contributed by atoms with Gasteiger partial charge < -0.3 is 19.9 Å². The number of ether oxygens (including phenoxy) is 2. The molecule has 0 fully saturated rings. The minimum Gasteiger partial charge on any atom is -0.508 e. The Kier molecular flexibility index (Phi) is 7.16. The Morgan fingerprint density at radius 3 is 2.63 bits per heavy atom. The number of esters is 1. The highest BCUT2D eigenvalue weighted by Gasteiger charge is 2.43. The molecular weight excluding hydrogens is 378 g/mol. The van der Waals surface area contributed by atoms with Gasteiger partial charge in [0.2, 0.25) is 0 Å². The Balaban J connectivity index is 1.81. The van der Waals surface area contributed by atoms with Crippen molar-refractivity contribution in [3.05, 3.63) is 65.2 Å². The number of nitrogens with one attached hydrogen (secondary N) is 1. The number of phenols is 1. The molecule has 0 heterocycles. The molecule has 2 aromatic carbocycles. The lowest BCUT2D eigenvalue weighted by Crippen LogP contribution is -2.58. The van der Waals surface area contributed by atoms with Crippen LogP contribution >= 0.6 is 0 Å². The normalized spacial score (nSPS) is 20.9. The van der Waals surface area contributed by atoms with Gasteiger partial charge >= 0.3 is 5.97 Å². The lowest BCUT2D eigenvalue weighted by atomic mass is 9.67. The van der Waals surface area contributed by atoms with Crippen LogP contribution in [-0.2, 0) is 32.5 Å². The highest BCUT2D eigenvalue weighted by Crippen LogP contribution is 2.39. The largest absolute Gasteiger partial charge is 0.508 e. The predicted molar refractivity (Wildman–Crippen MR) is 118 cm³/mol. The molecule has 1 aliphatic rings. The van der Waals surface area contributed by atoms with Crippen LogP contribution in [0.1, 0.15) is 37.5 Å². The van der Waals surface area contributed by atoms with Gasteiger partial charge in [-0.25, -0.2) is 0 Å². The van der Waals surface area contributed by atoms with Crippen LogP contribution in [0.15, 0.2) is 48.5 Å². The van der Waals surface area contributed by atoms with Crippen molar-refractivity contribution >= 4 is 5.97 Å². The smallest absolute Gasteiger partial charge is 0.310 e. The summed E-state index contributed by atoms with van der Waals surface area (Å²) in [6.45, 7) is 7.01. The summed E-state index contributed by atoms with van der Waals surface area (Å²) in [5.74, 6) is -0.203. The Hall–Kier alpha value is -2.37. The van der Waals surface area contributed by atoms with Crippen molar-refractivity contribution in [1.82, 2.24) is 5.32 Å². The lowest BCUT2D eigenvalue weighted by molar-refractivity contribution is -0.148. The molecule has 0 amide bonds. The molecule has 0 aromatic heterocycles. The van der Waals surface area contributed by atoms with Crippen LogP contribution in [0.25, 0.3) is 0 Å². The van der Waals surface area contributed by atoms with Crippen molar-refractivity contribution < 1.29 is 19.4 Å². The van der Waals surface area contributed by atoms with E-state index in [1.807, 2.05) is 49.4 Å². The van der Waals surface area contributed by atoms with E-state index >= 15 is 0 Å². The first-order valence-corrected chi connectivity index (χ1v) is 10.7. The molecule has 5 heteroatoms. The highest BCUT2D eigenvalue weighted by atomic mass is 16.5. The second-order valence-corrected chi connectivity index (χ2v) is 8.57. The van der Waals surface area contributed by atoms with Gasteiger partial charge in [0.1, 0.15) is 5.75 Å². The molecule has 1 aliphatic carbocycles. The third-order valence-corrected chi connectivity index (χ3v) is 6.19. The summed E-state index contributed by atoms with van der Waals surface area (Å²) >= 11 is 0. The van der Waals surface area contributed by atoms with Crippen molar-refractivity contribution in [1.29, 1.82) is 0 Å². The van der Waals surface area contributed by atoms with Gasteiger partial charge in [-0.15, -0.1) is 0 Å². The minimum atomic E-state index is -0.286. The first-order chi connectivity index (χ1) is 14.4. The van der Waals surface area contributed by atoms with Gasteiger partial charge in [0.05, 0.1) is 18.6 Å². The maximum atomic E-state index is 12.6. The van der Waals surface area contributed by atoms with Gasteiger partial charge in [0, 0.05) is 31.5 Å². The maximum absolute atomic E-state index is 12.6. The first-order valence-electron chi connectivity index (χ1n) is 10.7. The molecule has 3 atom stereocenters. The van der Waals surface area contributed by atoms with Crippen LogP contribution in [0.4, 0.5) is 0 Å². The molecule has 162 valence electrons. The van der Waals surface area contributed by atoms with Gasteiger partial charge in [-0.05, 0) is 42.2 Å². The molecule has 2 aromatic rings. The van der Waals surface area contributed by atoms with Crippen LogP contribution < -0.4 is 5.32 Å². The van der Waals surface area contributed by atoms with E-state index in [1.54, 1.807) is 13.2 Å². The standard InChI is InChI=1S/C25H33NO4/c1-5-30-24(28)19(13-17-9-7-6-8-10-17)16-26-23-22(29-4)14-18-11-12-20(27)15-21(18)25(23,2)3/h6-12,15,19,22-23,26-27H,5,13-14,16H2,1-4H3/t19?,22-,23+/m1/s1. The number of carbonyl (C=O) groups is 1. The molecule has 2 N–H and O–H groups in total. The molecule has 30 heavy (non-hydrogen) atoms. The molecule has 0 saturated heterocycles. The Morgan fingerprint density at radius 2 is 1.97 bits per heavy atom. The van der Waals surface area contributed by atoms with Crippen LogP contribution in [0.5, 0.6) is 5.75 Å². The zero-order valence-corrected chi connectivity index (χ0v) is 18.4. The number of aromatic hydroxyl groups is 1. The zero-order chi connectivity index (χ0) is 21.7. The number of benzene rings is 2. The van der Waals surface area contributed by atoms with E-state index in [9.17, 15) is 9.90 Å². The Bertz CT molecular complexity index is 849. The predicted octanol–water partition coefficient (Wildman–Crippen LogP) is 3.62. The summed E-state index contributed by atoms with van der Waals surface area (Å²) in [6.07, 6.45) is 1.35. The van der Waals surface area contributed by atoms with Crippen molar-refractivity contribution in [3.63, 3.8) is 0 Å². The van der Waals surface area contributed by atoms with Crippen LogP contribution in [0.3, 0.4) is 0 Å². The summed E-state index contributed by atoms with van der Waals surface area (Å²) in [6, 6.07) is 15.6. The minimum absolute atomic E-state index is 0.00972. The summed E-state index contributed by atoms with van der Waals surface area (Å²) < 4.78 is 11.2. The summed E-state index contributed by atoms with van der Waals surface area (Å²) in [7, 11) is 1.73. The third kappa shape index (κ3) is 4.85. The lowest BCUT2D eigenvalue weighted by Gasteiger charge is -2.45. The van der Waals surface area contributed by atoms with E-state index < -0.39 is 0 Å². The quantitative estimate of drug-likeness (QED) is 0.650. The van der Waals surface area contributed by atoms with Crippen LogP contribution in [0, 0.1) is 5.92 Å². The zero-order valence-electron chi connectivity index (χ0n) is 18.4. The number of fused-ring (bicyclic) bond motifs is 1. The summed E-state index contributed by atoms with van der Waals surface area (Å²) in [5.41, 5.74) is 3.13. The Labute approximate surface area is 179 Å². The average Bonchev–Trinajstić information content (AvgIpc) is 2.73. The third-order valence-electron chi connectivity index (χ3n) is 6.19. The maximum Gasteiger partial charge on any atom is 0.310 e. The number of methoxy groups -OCH3 is 1. The summed E-state index contributed by atoms with van der Waals surface area (Å²) in [4.78, 5) is 12.6. The van der Waals surface area contributed by atoms with Crippen LogP contribution in [-0.4, -0.2) is 43.5 Å². The van der Waals surface area contributed by atoms with E-state index in [4.69, 9.17) is 9.47 Å². The van der Waals surface area contributed by atoms with Gasteiger partial charge in [0.15, 0.2) is 0 Å². The fourth-order valence-electron chi connectivity index (χ4n) is 4.58. The van der Waals surface area contributed by atoms with Crippen molar-refractivity contribution in [2.75, 3.05) is 20.3 Å². The van der Waals surface area contributed by atoms with E-state index in [-0.39, 0.29) is 35.2 Å². The second-order valence-electron chi connectivity index (χ2n) is 8.57. The van der Waals surface area contributed by atoms with Crippen LogP contribution in [0.2, 0.25) is 0 Å². The van der Waals surface area contributed by atoms with Gasteiger partial charge in [-0.3, -0.25) is 4.79 Å². The molecular formula is C25H33NO4. The van der Waals surface area contributed by atoms with Crippen molar-refractivity contribution in [2.45, 2.75) is 51.2 Å². The molecule has 1 unspecified atom stereocenters. The number of phenolic OH excluding ortho intramolecular Hbond substituents is 1. The van der Waals surface area contributed by atoms with Crippen molar-refractivity contribution in [3.8, 4) is 5.75 Å². The second kappa shape index (κ2) is 9.63. The van der Waals surface area contributed by atoms with E-state index in [1.165, 1.54) is 5.56 Å². The van der Waals surface area contributed by atoms with Crippen molar-refractivity contribution in [2.24, 2.45) is 5.92 Å². The molecule has 0 spiro atoms. The van der Waals surface area contributed by atoms with E-state index in [0.717, 1.165) is 17.5 Å². The highest BCUT2D eigenvalue weighted by molar-refractivity contribution is 5.73. The number of rotatable bonds is 8. The molecule has 0 radical (unpaired) electrons. The van der Waals surface area contributed by atoms with E-state index in [2.05, 4.69) is 19.2 Å². The number of hydrogen-bond acceptors (Lipinski definition) is 5. The fraction of sp³-hybridized carbons (Fsp3) is 0.480.